The van der Waals surface area contributed by atoms with Crippen LogP contribution < -0.4 is 0 Å². The summed E-state index contributed by atoms with van der Waals surface area (Å²) in [7, 11) is 1.33. The van der Waals surface area contributed by atoms with E-state index in [-0.39, 0.29) is 36.7 Å². The van der Waals surface area contributed by atoms with Crippen molar-refractivity contribution in [2.75, 3.05) is 20.1 Å². The molecule has 3 amide bonds. The number of rotatable bonds is 3. The van der Waals surface area contributed by atoms with Gasteiger partial charge >= 0.3 is 18.4 Å². The highest BCUT2D eigenvalue weighted by Gasteiger charge is 2.46. The van der Waals surface area contributed by atoms with Crippen molar-refractivity contribution in [2.24, 2.45) is 0 Å². The van der Waals surface area contributed by atoms with Gasteiger partial charge in [-0.05, 0) is 48.7 Å². The predicted octanol–water partition coefficient (Wildman–Crippen LogP) is 6.54. The van der Waals surface area contributed by atoms with E-state index in [9.17, 15) is 35.9 Å². The number of fused-ring (bicyclic) bond motifs is 1. The van der Waals surface area contributed by atoms with Crippen molar-refractivity contribution < 1.29 is 35.9 Å². The van der Waals surface area contributed by atoms with Crippen LogP contribution in [0.1, 0.15) is 54.1 Å². The van der Waals surface area contributed by atoms with Crippen molar-refractivity contribution in [3.8, 4) is 0 Å². The summed E-state index contributed by atoms with van der Waals surface area (Å²) in [6.45, 7) is 1.76. The van der Waals surface area contributed by atoms with E-state index >= 15 is 0 Å². The van der Waals surface area contributed by atoms with E-state index in [0.717, 1.165) is 4.90 Å². The zero-order chi connectivity index (χ0) is 27.3. The zero-order valence-corrected chi connectivity index (χ0v) is 20.7. The van der Waals surface area contributed by atoms with Crippen LogP contribution in [0.4, 0.5) is 31.1 Å². The van der Waals surface area contributed by atoms with E-state index in [0.29, 0.717) is 35.6 Å². The second kappa shape index (κ2) is 9.74. The van der Waals surface area contributed by atoms with Crippen LogP contribution in [0.25, 0.3) is 0 Å². The molecule has 2 saturated heterocycles. The van der Waals surface area contributed by atoms with Gasteiger partial charge in [-0.1, -0.05) is 29.8 Å². The summed E-state index contributed by atoms with van der Waals surface area (Å²) in [6.07, 6.45) is -9.21. The smallest absolute Gasteiger partial charge is 0.335 e. The molecule has 0 saturated carbocycles. The Kier molecular flexibility index (Phi) is 7.13. The summed E-state index contributed by atoms with van der Waals surface area (Å²) in [6, 6.07) is 5.49. The van der Waals surface area contributed by atoms with Crippen LogP contribution in [-0.2, 0) is 17.1 Å². The molecule has 2 aliphatic rings. The van der Waals surface area contributed by atoms with Crippen molar-refractivity contribution in [2.45, 2.75) is 50.2 Å². The molecule has 0 bridgehead atoms. The average Bonchev–Trinajstić information content (AvgIpc) is 3.22. The Labute approximate surface area is 214 Å². The first-order valence-corrected chi connectivity index (χ1v) is 11.9. The lowest BCUT2D eigenvalue weighted by atomic mass is 9.93. The van der Waals surface area contributed by atoms with E-state index in [1.54, 1.807) is 29.2 Å². The highest BCUT2D eigenvalue weighted by atomic mass is 35.5. The molecule has 12 heteroatoms. The number of amides is 3. The molecule has 5 nitrogen and oxygen atoms in total. The maximum atomic E-state index is 13.7. The fourth-order valence-electron chi connectivity index (χ4n) is 5.05. The SMILES string of the molecule is C[C@H](c1cc(C(F)(F)F)cc(C(F)(F)F)c1)N(C)C(=O)N1CCN2C(=O)CCC2[C@@H]1c1ccccc1Cl. The minimum Gasteiger partial charge on any atom is -0.335 e. The molecule has 3 atom stereocenters. The van der Waals surface area contributed by atoms with Gasteiger partial charge < -0.3 is 14.7 Å². The van der Waals surface area contributed by atoms with Gasteiger partial charge in [0.25, 0.3) is 0 Å². The topological polar surface area (TPSA) is 43.9 Å². The third-order valence-corrected chi connectivity index (χ3v) is 7.45. The van der Waals surface area contributed by atoms with Gasteiger partial charge in [-0.25, -0.2) is 4.79 Å². The van der Waals surface area contributed by atoms with Crippen LogP contribution in [0.15, 0.2) is 42.5 Å². The second-order valence-corrected chi connectivity index (χ2v) is 9.67. The van der Waals surface area contributed by atoms with Crippen molar-refractivity contribution in [1.29, 1.82) is 0 Å². The summed E-state index contributed by atoms with van der Waals surface area (Å²) in [5, 5.41) is 0.384. The quantitative estimate of drug-likeness (QED) is 0.410. The first-order valence-electron chi connectivity index (χ1n) is 11.6. The standard InChI is InChI=1S/C25H24ClF6N3O2/c1-14(15-11-16(24(27,28)29)13-17(12-15)25(30,31)32)33(2)23(37)35-10-9-34-20(7-8-21(34)36)22(35)18-5-3-4-6-19(18)26/h3-6,11-14,20,22H,7-10H2,1-2H3/t14-,20?,22+/m1/s1. The second-order valence-electron chi connectivity index (χ2n) is 9.26. The largest absolute Gasteiger partial charge is 0.416 e. The Bertz CT molecular complexity index is 1170. The molecule has 1 unspecified atom stereocenters. The summed E-state index contributed by atoms with van der Waals surface area (Å²) in [4.78, 5) is 30.4. The van der Waals surface area contributed by atoms with Gasteiger partial charge in [0.1, 0.15) is 0 Å². The Balaban J connectivity index is 1.69. The van der Waals surface area contributed by atoms with E-state index in [2.05, 4.69) is 0 Å². The van der Waals surface area contributed by atoms with Crippen LogP contribution in [0.2, 0.25) is 5.02 Å². The first kappa shape index (κ1) is 27.1. The average molecular weight is 548 g/mol. The maximum absolute atomic E-state index is 13.7. The summed E-state index contributed by atoms with van der Waals surface area (Å²) >= 11 is 6.44. The fraction of sp³-hybridized carbons (Fsp3) is 0.440. The third-order valence-electron chi connectivity index (χ3n) is 7.10. The predicted molar refractivity (Wildman–Crippen MR) is 124 cm³/mol. The molecule has 2 fully saturated rings. The molecule has 0 spiro atoms. The summed E-state index contributed by atoms with van der Waals surface area (Å²) in [5.74, 6) is -0.0421. The molecule has 0 radical (unpaired) electrons. The Morgan fingerprint density at radius 1 is 1.03 bits per heavy atom. The number of alkyl halides is 6. The number of hydrogen-bond acceptors (Lipinski definition) is 2. The van der Waals surface area contributed by atoms with Gasteiger partial charge in [0.2, 0.25) is 5.91 Å². The third kappa shape index (κ3) is 5.23. The van der Waals surface area contributed by atoms with Crippen LogP contribution in [-0.4, -0.2) is 52.8 Å². The van der Waals surface area contributed by atoms with Gasteiger partial charge in [0.15, 0.2) is 0 Å². The fourth-order valence-corrected chi connectivity index (χ4v) is 5.30. The Morgan fingerprint density at radius 3 is 2.19 bits per heavy atom. The lowest BCUT2D eigenvalue weighted by Gasteiger charge is -2.46. The van der Waals surface area contributed by atoms with Gasteiger partial charge in [-0.2, -0.15) is 26.3 Å². The molecule has 0 aromatic heterocycles. The van der Waals surface area contributed by atoms with E-state index in [1.165, 1.54) is 18.9 Å². The minimum absolute atomic E-state index is 0.0421. The summed E-state index contributed by atoms with van der Waals surface area (Å²) < 4.78 is 80.3. The maximum Gasteiger partial charge on any atom is 0.416 e. The number of hydrogen-bond donors (Lipinski definition) is 0. The molecular formula is C25H24ClF6N3O2. The molecule has 0 aliphatic carbocycles. The van der Waals surface area contributed by atoms with Crippen LogP contribution in [0.5, 0.6) is 0 Å². The van der Waals surface area contributed by atoms with Crippen molar-refractivity contribution >= 4 is 23.5 Å². The highest BCUT2D eigenvalue weighted by molar-refractivity contribution is 6.31. The number of nitrogens with zero attached hydrogens (tertiary/aromatic N) is 3. The molecule has 2 aromatic carbocycles. The molecule has 0 N–H and O–H groups in total. The summed E-state index contributed by atoms with van der Waals surface area (Å²) in [5.41, 5.74) is -2.59. The number of carbonyl (C=O) groups is 2. The van der Waals surface area contributed by atoms with Gasteiger partial charge in [0.05, 0.1) is 29.3 Å². The van der Waals surface area contributed by atoms with Gasteiger partial charge in [-0.15, -0.1) is 0 Å². The number of carbonyl (C=O) groups excluding carboxylic acids is 2. The number of urea groups is 1. The lowest BCUT2D eigenvalue weighted by molar-refractivity contribution is -0.143. The highest BCUT2D eigenvalue weighted by Crippen LogP contribution is 2.42. The lowest BCUT2D eigenvalue weighted by Crippen LogP contribution is -2.57. The molecular weight excluding hydrogens is 524 g/mol. The minimum atomic E-state index is -5.00. The van der Waals surface area contributed by atoms with Gasteiger partial charge in [-0.3, -0.25) is 4.79 Å². The first-order chi connectivity index (χ1) is 17.2. The number of halogens is 7. The van der Waals surface area contributed by atoms with E-state index in [4.69, 9.17) is 11.6 Å². The van der Waals surface area contributed by atoms with E-state index < -0.39 is 41.6 Å². The molecule has 2 aromatic rings. The van der Waals surface area contributed by atoms with Crippen molar-refractivity contribution in [3.63, 3.8) is 0 Å². The molecule has 2 aliphatic heterocycles. The van der Waals surface area contributed by atoms with Gasteiger partial charge in [0, 0.05) is 31.6 Å². The van der Waals surface area contributed by atoms with Crippen molar-refractivity contribution in [3.05, 3.63) is 69.7 Å². The Hall–Kier alpha value is -2.95. The van der Waals surface area contributed by atoms with Crippen LogP contribution in [0, 0.1) is 0 Å². The number of piperazine rings is 1. The molecule has 37 heavy (non-hydrogen) atoms. The zero-order valence-electron chi connectivity index (χ0n) is 19.9. The Morgan fingerprint density at radius 2 is 1.62 bits per heavy atom. The van der Waals surface area contributed by atoms with E-state index in [1.807, 2.05) is 0 Å². The number of benzene rings is 2. The molecule has 2 heterocycles. The van der Waals surface area contributed by atoms with Crippen LogP contribution in [0.3, 0.4) is 0 Å². The molecule has 4 rings (SSSR count). The monoisotopic (exact) mass is 547 g/mol. The molecule has 200 valence electrons. The normalized spacial score (nSPS) is 21.2. The van der Waals surface area contributed by atoms with Crippen LogP contribution >= 0.6 is 11.6 Å². The van der Waals surface area contributed by atoms with Crippen molar-refractivity contribution in [1.82, 2.24) is 14.7 Å².